The molecule has 11 nitrogen and oxygen atoms in total. The number of hydrogen-bond acceptors (Lipinski definition) is 7. The Morgan fingerprint density at radius 3 is 1.32 bits per heavy atom. The maximum Gasteiger partial charge on any atom is 0.259 e. The van der Waals surface area contributed by atoms with E-state index in [4.69, 9.17) is 4.42 Å². The summed E-state index contributed by atoms with van der Waals surface area (Å²) >= 11 is 0. The molecule has 294 valence electrons. The van der Waals surface area contributed by atoms with Gasteiger partial charge in [-0.15, -0.1) is 0 Å². The standard InChI is InChI=1S/C46H48N4O7/c1-45(55,33-11-5-3-6-12-33)43(53)49-27-9-15-37(49)29-41(51)47-35-21-17-31(18-22-35)39-25-26-40(57-39)32-19-23-36(24-20-32)48-42(52)30-38-16-10-28-50(38)44(54)46(2,56)34-13-7-4-8-14-34/h3-8,11-14,17-26,37-38,55-56H,9-10,15-16,27-30H2,1-2H3,(H,47,51)(H,48,52)/t37-,38-,45+,46+/m0/s1. The molecule has 4 amide bonds. The first-order valence-corrected chi connectivity index (χ1v) is 19.5. The summed E-state index contributed by atoms with van der Waals surface area (Å²) in [5.41, 5.74) is 0.555. The van der Waals surface area contributed by atoms with Gasteiger partial charge in [0.2, 0.25) is 11.8 Å². The van der Waals surface area contributed by atoms with E-state index in [1.54, 1.807) is 82.6 Å². The van der Waals surface area contributed by atoms with Gasteiger partial charge in [-0.2, -0.15) is 0 Å². The highest BCUT2D eigenvalue weighted by atomic mass is 16.3. The number of anilines is 2. The predicted molar refractivity (Wildman–Crippen MR) is 218 cm³/mol. The quantitative estimate of drug-likeness (QED) is 0.106. The molecular formula is C46H48N4O7. The molecule has 0 unspecified atom stereocenters. The molecule has 0 saturated carbocycles. The molecule has 2 aliphatic heterocycles. The van der Waals surface area contributed by atoms with Crippen molar-refractivity contribution in [3.05, 3.63) is 132 Å². The van der Waals surface area contributed by atoms with Crippen LogP contribution in [-0.2, 0) is 30.4 Å². The maximum absolute atomic E-state index is 13.4. The normalized spacial score (nSPS) is 18.7. The predicted octanol–water partition coefficient (Wildman–Crippen LogP) is 7.07. The lowest BCUT2D eigenvalue weighted by atomic mass is 9.94. The monoisotopic (exact) mass is 768 g/mol. The molecule has 2 aliphatic rings. The molecule has 0 radical (unpaired) electrons. The van der Waals surface area contributed by atoms with Crippen LogP contribution in [-0.4, -0.2) is 68.8 Å². The summed E-state index contributed by atoms with van der Waals surface area (Å²) in [5.74, 6) is 0.0661. The molecule has 4 N–H and O–H groups in total. The summed E-state index contributed by atoms with van der Waals surface area (Å²) in [6.45, 7) is 3.99. The van der Waals surface area contributed by atoms with E-state index in [2.05, 4.69) is 10.6 Å². The van der Waals surface area contributed by atoms with Gasteiger partial charge in [0.05, 0.1) is 0 Å². The zero-order valence-electron chi connectivity index (χ0n) is 32.2. The average molecular weight is 769 g/mol. The van der Waals surface area contributed by atoms with Gasteiger partial charge in [0.15, 0.2) is 11.2 Å². The minimum absolute atomic E-state index is 0.127. The molecule has 5 aromatic rings. The van der Waals surface area contributed by atoms with Crippen LogP contribution in [0.3, 0.4) is 0 Å². The van der Waals surface area contributed by atoms with Crippen LogP contribution in [0.2, 0.25) is 0 Å². The SMILES string of the molecule is C[C@](O)(C(=O)N1CCC[C@H]1CC(=O)Nc1ccc(-c2ccc(-c3ccc(NC(=O)C[C@@H]4CCCN4C(=O)[C@](C)(O)c4ccccc4)cc3)o2)cc1)c1ccccc1. The Morgan fingerprint density at radius 2 is 0.947 bits per heavy atom. The van der Waals surface area contributed by atoms with Crippen LogP contribution in [0.25, 0.3) is 22.6 Å². The third-order valence-corrected chi connectivity index (χ3v) is 11.1. The van der Waals surface area contributed by atoms with E-state index < -0.39 is 23.0 Å². The van der Waals surface area contributed by atoms with Gasteiger partial charge in [0, 0.05) is 60.5 Å². The van der Waals surface area contributed by atoms with Crippen molar-refractivity contribution in [2.75, 3.05) is 23.7 Å². The smallest absolute Gasteiger partial charge is 0.259 e. The van der Waals surface area contributed by atoms with Gasteiger partial charge in [0.25, 0.3) is 11.8 Å². The molecule has 57 heavy (non-hydrogen) atoms. The minimum Gasteiger partial charge on any atom is -0.456 e. The van der Waals surface area contributed by atoms with E-state index in [9.17, 15) is 29.4 Å². The molecule has 4 atom stereocenters. The van der Waals surface area contributed by atoms with Crippen LogP contribution in [0.4, 0.5) is 11.4 Å². The summed E-state index contributed by atoms with van der Waals surface area (Å²) in [7, 11) is 0. The highest BCUT2D eigenvalue weighted by Gasteiger charge is 2.42. The number of aliphatic hydroxyl groups is 2. The number of nitrogens with zero attached hydrogens (tertiary/aromatic N) is 2. The molecule has 11 heteroatoms. The molecule has 0 spiro atoms. The van der Waals surface area contributed by atoms with E-state index in [1.165, 1.54) is 13.8 Å². The summed E-state index contributed by atoms with van der Waals surface area (Å²) in [5, 5.41) is 28.1. The molecule has 1 aromatic heterocycles. The molecule has 0 aliphatic carbocycles. The number of benzene rings is 4. The number of hydrogen-bond donors (Lipinski definition) is 4. The van der Waals surface area contributed by atoms with Crippen LogP contribution < -0.4 is 10.6 Å². The van der Waals surface area contributed by atoms with E-state index in [0.717, 1.165) is 24.0 Å². The Balaban J connectivity index is 0.905. The number of nitrogens with one attached hydrogen (secondary N) is 2. The molecule has 3 heterocycles. The van der Waals surface area contributed by atoms with E-state index in [1.807, 2.05) is 48.5 Å². The number of carbonyl (C=O) groups is 4. The number of likely N-dealkylation sites (tertiary alicyclic amines) is 2. The first kappa shape index (κ1) is 39.2. The van der Waals surface area contributed by atoms with Gasteiger partial charge in [-0.05, 0) is 111 Å². The molecule has 0 bridgehead atoms. The third-order valence-electron chi connectivity index (χ3n) is 11.1. The fraction of sp³-hybridized carbons (Fsp3) is 0.304. The van der Waals surface area contributed by atoms with Crippen molar-refractivity contribution >= 4 is 35.0 Å². The van der Waals surface area contributed by atoms with Crippen molar-refractivity contribution < 1.29 is 33.8 Å². The number of furan rings is 1. The Kier molecular flexibility index (Phi) is 11.4. The van der Waals surface area contributed by atoms with Gasteiger partial charge in [-0.25, -0.2) is 0 Å². The van der Waals surface area contributed by atoms with Crippen molar-refractivity contribution in [1.82, 2.24) is 9.80 Å². The highest BCUT2D eigenvalue weighted by molar-refractivity contribution is 5.94. The summed E-state index contributed by atoms with van der Waals surface area (Å²) in [6.07, 6.45) is 3.16. The van der Waals surface area contributed by atoms with E-state index in [-0.39, 0.29) is 36.7 Å². The first-order valence-electron chi connectivity index (χ1n) is 19.5. The second-order valence-corrected chi connectivity index (χ2v) is 15.3. The Morgan fingerprint density at radius 1 is 0.579 bits per heavy atom. The van der Waals surface area contributed by atoms with Crippen LogP contribution in [0.1, 0.15) is 63.5 Å². The third kappa shape index (κ3) is 8.70. The van der Waals surface area contributed by atoms with Gasteiger partial charge in [-0.3, -0.25) is 19.2 Å². The molecular weight excluding hydrogens is 721 g/mol. The van der Waals surface area contributed by atoms with Gasteiger partial charge in [-0.1, -0.05) is 60.7 Å². The fourth-order valence-corrected chi connectivity index (χ4v) is 7.90. The van der Waals surface area contributed by atoms with Crippen molar-refractivity contribution in [3.8, 4) is 22.6 Å². The van der Waals surface area contributed by atoms with Gasteiger partial charge < -0.3 is 35.1 Å². The largest absolute Gasteiger partial charge is 0.456 e. The van der Waals surface area contributed by atoms with E-state index >= 15 is 0 Å². The fourth-order valence-electron chi connectivity index (χ4n) is 7.90. The average Bonchev–Trinajstić information content (AvgIpc) is 4.01. The second-order valence-electron chi connectivity index (χ2n) is 15.3. The minimum atomic E-state index is -1.68. The zero-order chi connectivity index (χ0) is 40.2. The molecule has 7 rings (SSSR count). The van der Waals surface area contributed by atoms with Crippen LogP contribution in [0, 0.1) is 0 Å². The highest BCUT2D eigenvalue weighted by Crippen LogP contribution is 2.33. The van der Waals surface area contributed by atoms with Gasteiger partial charge >= 0.3 is 0 Å². The Hall–Kier alpha value is -6.04. The van der Waals surface area contributed by atoms with E-state index in [0.29, 0.717) is 60.0 Å². The van der Waals surface area contributed by atoms with Crippen molar-refractivity contribution in [2.24, 2.45) is 0 Å². The van der Waals surface area contributed by atoms with Gasteiger partial charge in [0.1, 0.15) is 11.5 Å². The Bertz CT molecular complexity index is 2040. The summed E-state index contributed by atoms with van der Waals surface area (Å²) in [6, 6.07) is 35.5. The molecule has 2 fully saturated rings. The topological polar surface area (TPSA) is 152 Å². The maximum atomic E-state index is 13.4. The lowest BCUT2D eigenvalue weighted by molar-refractivity contribution is -0.152. The molecule has 4 aromatic carbocycles. The van der Waals surface area contributed by atoms with Crippen molar-refractivity contribution in [1.29, 1.82) is 0 Å². The number of rotatable bonds is 12. The number of amides is 4. The van der Waals surface area contributed by atoms with Crippen LogP contribution >= 0.6 is 0 Å². The van der Waals surface area contributed by atoms with Crippen LogP contribution in [0.5, 0.6) is 0 Å². The second kappa shape index (κ2) is 16.6. The Labute approximate surface area is 332 Å². The summed E-state index contributed by atoms with van der Waals surface area (Å²) in [4.78, 5) is 56.2. The number of carbonyl (C=O) groups excluding carboxylic acids is 4. The van der Waals surface area contributed by atoms with Crippen LogP contribution in [0.15, 0.2) is 126 Å². The first-order chi connectivity index (χ1) is 27.4. The lowest BCUT2D eigenvalue weighted by Gasteiger charge is -2.32. The van der Waals surface area contributed by atoms with Crippen molar-refractivity contribution in [2.45, 2.75) is 75.7 Å². The van der Waals surface area contributed by atoms with Crippen molar-refractivity contribution in [3.63, 3.8) is 0 Å². The molecule has 2 saturated heterocycles. The zero-order valence-corrected chi connectivity index (χ0v) is 32.2. The summed E-state index contributed by atoms with van der Waals surface area (Å²) < 4.78 is 6.17. The lowest BCUT2D eigenvalue weighted by Crippen LogP contribution is -2.48.